The van der Waals surface area contributed by atoms with Crippen LogP contribution in [-0.2, 0) is 0 Å². The van der Waals surface area contributed by atoms with Crippen molar-refractivity contribution in [2.75, 3.05) is 32.7 Å². The van der Waals surface area contributed by atoms with Gasteiger partial charge >= 0.3 is 0 Å². The third-order valence-electron chi connectivity index (χ3n) is 5.77. The molecule has 1 saturated carbocycles. The molecule has 1 unspecified atom stereocenters. The quantitative estimate of drug-likeness (QED) is 0.803. The Kier molecular flexibility index (Phi) is 6.62. The topological polar surface area (TPSA) is 50.1 Å². The first kappa shape index (κ1) is 19.3. The summed E-state index contributed by atoms with van der Waals surface area (Å²) in [6.45, 7) is 7.72. The van der Waals surface area contributed by atoms with Gasteiger partial charge in [0.15, 0.2) is 5.82 Å². The highest BCUT2D eigenvalue weighted by atomic mass is 35.5. The second-order valence-corrected chi connectivity index (χ2v) is 7.20. The van der Waals surface area contributed by atoms with Gasteiger partial charge in [-0.3, -0.25) is 4.90 Å². The maximum Gasteiger partial charge on any atom is 0.173 e. The zero-order valence-electron chi connectivity index (χ0n) is 15.5. The zero-order valence-corrected chi connectivity index (χ0v) is 16.3. The lowest BCUT2D eigenvalue weighted by Gasteiger charge is -2.38. The molecule has 0 bridgehead atoms. The van der Waals surface area contributed by atoms with E-state index >= 15 is 0 Å². The number of benzene rings is 1. The molecule has 2 aromatic rings. The lowest BCUT2D eigenvalue weighted by atomic mass is 10.0. The monoisotopic (exact) mass is 376 g/mol. The molecular formula is C19H29ClN6. The summed E-state index contributed by atoms with van der Waals surface area (Å²) in [5, 5.41) is 13.0. The summed E-state index contributed by atoms with van der Waals surface area (Å²) < 4.78 is 2.12. The Balaban J connectivity index is 0.00000196. The largest absolute Gasteiger partial charge is 0.301 e. The Hall–Kier alpha value is -1.50. The van der Waals surface area contributed by atoms with Crippen molar-refractivity contribution in [3.05, 3.63) is 41.7 Å². The number of hydrogen-bond donors (Lipinski definition) is 0. The summed E-state index contributed by atoms with van der Waals surface area (Å²) in [6.07, 6.45) is 4.97. The predicted molar refractivity (Wildman–Crippen MR) is 105 cm³/mol. The van der Waals surface area contributed by atoms with Gasteiger partial charge in [0.1, 0.15) is 0 Å². The number of nitrogens with zero attached hydrogens (tertiary/aromatic N) is 6. The van der Waals surface area contributed by atoms with E-state index in [1.54, 1.807) is 0 Å². The molecular weight excluding hydrogens is 348 g/mol. The van der Waals surface area contributed by atoms with Crippen LogP contribution in [-0.4, -0.2) is 62.7 Å². The SMILES string of the molecule is CCN1CCN(C(c2ccccc2)c2nnnn2C2CCCC2)CC1.Cl. The summed E-state index contributed by atoms with van der Waals surface area (Å²) in [5.74, 6) is 1.02. The lowest BCUT2D eigenvalue weighted by molar-refractivity contribution is 0.107. The molecule has 26 heavy (non-hydrogen) atoms. The summed E-state index contributed by atoms with van der Waals surface area (Å²) in [4.78, 5) is 5.07. The van der Waals surface area contributed by atoms with E-state index in [1.807, 2.05) is 0 Å². The zero-order chi connectivity index (χ0) is 17.1. The Morgan fingerprint density at radius 1 is 1.04 bits per heavy atom. The van der Waals surface area contributed by atoms with Gasteiger partial charge in [-0.05, 0) is 35.4 Å². The van der Waals surface area contributed by atoms with Gasteiger partial charge in [0.05, 0.1) is 12.1 Å². The minimum absolute atomic E-state index is 0. The summed E-state index contributed by atoms with van der Waals surface area (Å²) in [6, 6.07) is 11.4. The van der Waals surface area contributed by atoms with Crippen LogP contribution in [0.5, 0.6) is 0 Å². The molecule has 7 heteroatoms. The molecule has 142 valence electrons. The van der Waals surface area contributed by atoms with Crippen molar-refractivity contribution < 1.29 is 0 Å². The van der Waals surface area contributed by atoms with Crippen LogP contribution in [0.1, 0.15) is 56.1 Å². The van der Waals surface area contributed by atoms with Crippen LogP contribution in [0, 0.1) is 0 Å². The van der Waals surface area contributed by atoms with Crippen LogP contribution < -0.4 is 0 Å². The molecule has 1 aliphatic carbocycles. The van der Waals surface area contributed by atoms with Gasteiger partial charge in [0, 0.05) is 26.2 Å². The minimum atomic E-state index is 0. The average Bonchev–Trinajstić information content (AvgIpc) is 3.35. The molecule has 1 atom stereocenters. The van der Waals surface area contributed by atoms with Crippen LogP contribution in [0.2, 0.25) is 0 Å². The number of rotatable bonds is 5. The van der Waals surface area contributed by atoms with Crippen LogP contribution in [0.15, 0.2) is 30.3 Å². The smallest absolute Gasteiger partial charge is 0.173 e. The predicted octanol–water partition coefficient (Wildman–Crippen LogP) is 2.94. The fourth-order valence-electron chi connectivity index (χ4n) is 4.29. The fraction of sp³-hybridized carbons (Fsp3) is 0.632. The highest BCUT2D eigenvalue weighted by Gasteiger charge is 2.32. The lowest BCUT2D eigenvalue weighted by Crippen LogP contribution is -2.48. The van der Waals surface area contributed by atoms with Crippen molar-refractivity contribution in [2.45, 2.75) is 44.7 Å². The number of tetrazole rings is 1. The molecule has 2 aliphatic rings. The molecule has 2 heterocycles. The van der Waals surface area contributed by atoms with Crippen LogP contribution in [0.25, 0.3) is 0 Å². The third-order valence-corrected chi connectivity index (χ3v) is 5.77. The van der Waals surface area contributed by atoms with E-state index in [9.17, 15) is 0 Å². The molecule has 1 saturated heterocycles. The Bertz CT molecular complexity index is 662. The Morgan fingerprint density at radius 2 is 1.73 bits per heavy atom. The molecule has 0 amide bonds. The first-order valence-corrected chi connectivity index (χ1v) is 9.66. The molecule has 1 aromatic heterocycles. The summed E-state index contributed by atoms with van der Waals surface area (Å²) >= 11 is 0. The van der Waals surface area contributed by atoms with E-state index in [1.165, 1.54) is 31.2 Å². The van der Waals surface area contributed by atoms with Crippen molar-refractivity contribution in [1.29, 1.82) is 0 Å². The second kappa shape index (κ2) is 8.93. The van der Waals surface area contributed by atoms with Crippen molar-refractivity contribution in [3.63, 3.8) is 0 Å². The number of halogens is 1. The van der Waals surface area contributed by atoms with E-state index in [-0.39, 0.29) is 18.4 Å². The molecule has 4 rings (SSSR count). The minimum Gasteiger partial charge on any atom is -0.301 e. The van der Waals surface area contributed by atoms with Crippen molar-refractivity contribution in [1.82, 2.24) is 30.0 Å². The van der Waals surface area contributed by atoms with Gasteiger partial charge in [-0.2, -0.15) is 0 Å². The second-order valence-electron chi connectivity index (χ2n) is 7.20. The Labute approximate surface area is 162 Å². The van der Waals surface area contributed by atoms with E-state index < -0.39 is 0 Å². The van der Waals surface area contributed by atoms with Gasteiger partial charge in [-0.15, -0.1) is 17.5 Å². The number of likely N-dealkylation sites (N-methyl/N-ethyl adjacent to an activating group) is 1. The van der Waals surface area contributed by atoms with Gasteiger partial charge in [-0.25, -0.2) is 4.68 Å². The highest BCUT2D eigenvalue weighted by molar-refractivity contribution is 5.85. The highest BCUT2D eigenvalue weighted by Crippen LogP contribution is 2.34. The van der Waals surface area contributed by atoms with Gasteiger partial charge < -0.3 is 4.90 Å². The first-order chi connectivity index (χ1) is 12.4. The van der Waals surface area contributed by atoms with Crippen LogP contribution in [0.3, 0.4) is 0 Å². The maximum atomic E-state index is 4.50. The number of hydrogen-bond acceptors (Lipinski definition) is 5. The molecule has 0 spiro atoms. The van der Waals surface area contributed by atoms with Crippen molar-refractivity contribution in [3.8, 4) is 0 Å². The van der Waals surface area contributed by atoms with E-state index in [0.717, 1.165) is 38.5 Å². The van der Waals surface area contributed by atoms with E-state index in [0.29, 0.717) is 6.04 Å². The molecule has 0 radical (unpaired) electrons. The number of piperazine rings is 1. The van der Waals surface area contributed by atoms with E-state index in [4.69, 9.17) is 0 Å². The first-order valence-electron chi connectivity index (χ1n) is 9.66. The average molecular weight is 377 g/mol. The number of aromatic nitrogens is 4. The molecule has 0 N–H and O–H groups in total. The van der Waals surface area contributed by atoms with Crippen LogP contribution in [0.4, 0.5) is 0 Å². The molecule has 1 aliphatic heterocycles. The summed E-state index contributed by atoms with van der Waals surface area (Å²) in [5.41, 5.74) is 1.29. The fourth-order valence-corrected chi connectivity index (χ4v) is 4.29. The standard InChI is InChI=1S/C19H28N6.ClH/c1-2-23-12-14-24(15-13-23)18(16-8-4-3-5-9-16)19-20-21-22-25(19)17-10-6-7-11-17;/h3-5,8-9,17-18H,2,6-7,10-15H2,1H3;1H. The van der Waals surface area contributed by atoms with Gasteiger partial charge in [-0.1, -0.05) is 50.1 Å². The van der Waals surface area contributed by atoms with Crippen molar-refractivity contribution in [2.24, 2.45) is 0 Å². The molecule has 2 fully saturated rings. The van der Waals surface area contributed by atoms with Crippen LogP contribution >= 0.6 is 12.4 Å². The Morgan fingerprint density at radius 3 is 2.38 bits per heavy atom. The third kappa shape index (κ3) is 3.92. The van der Waals surface area contributed by atoms with E-state index in [2.05, 4.69) is 67.3 Å². The van der Waals surface area contributed by atoms with Gasteiger partial charge in [0.2, 0.25) is 0 Å². The van der Waals surface area contributed by atoms with Crippen molar-refractivity contribution >= 4 is 12.4 Å². The molecule has 6 nitrogen and oxygen atoms in total. The molecule has 1 aromatic carbocycles. The van der Waals surface area contributed by atoms with Gasteiger partial charge in [0.25, 0.3) is 0 Å². The summed E-state index contributed by atoms with van der Waals surface area (Å²) in [7, 11) is 0. The normalized spacial score (nSPS) is 20.8. The maximum absolute atomic E-state index is 4.50.